The molecule has 0 aliphatic rings. The quantitative estimate of drug-likeness (QED) is 0.827. The van der Waals surface area contributed by atoms with Crippen LogP contribution in [0.5, 0.6) is 11.5 Å². The fourth-order valence-corrected chi connectivity index (χ4v) is 2.05. The standard InChI is InChI=1S/C17H20FNO2/c1-3-20-16-8-6-5-7-13(16)12-19-15-10-9-14(18)11-17(15)21-4-2/h5-11,19H,3-4,12H2,1-2H3. The van der Waals surface area contributed by atoms with Gasteiger partial charge in [-0.3, -0.25) is 0 Å². The van der Waals surface area contributed by atoms with E-state index in [1.807, 2.05) is 38.1 Å². The summed E-state index contributed by atoms with van der Waals surface area (Å²) in [6.07, 6.45) is 0. The first-order chi connectivity index (χ1) is 10.2. The average molecular weight is 289 g/mol. The van der Waals surface area contributed by atoms with E-state index in [-0.39, 0.29) is 5.82 Å². The van der Waals surface area contributed by atoms with Crippen LogP contribution in [0.3, 0.4) is 0 Å². The summed E-state index contributed by atoms with van der Waals surface area (Å²) in [5.74, 6) is 1.07. The van der Waals surface area contributed by atoms with Crippen LogP contribution < -0.4 is 14.8 Å². The molecule has 0 amide bonds. The Morgan fingerprint density at radius 2 is 1.67 bits per heavy atom. The highest BCUT2D eigenvalue weighted by molar-refractivity contribution is 5.57. The van der Waals surface area contributed by atoms with E-state index in [9.17, 15) is 4.39 Å². The molecule has 112 valence electrons. The Labute approximate surface area is 124 Å². The molecule has 0 saturated heterocycles. The molecular weight excluding hydrogens is 269 g/mol. The summed E-state index contributed by atoms with van der Waals surface area (Å²) in [4.78, 5) is 0. The van der Waals surface area contributed by atoms with Gasteiger partial charge in [0.15, 0.2) is 0 Å². The second-order valence-corrected chi connectivity index (χ2v) is 4.47. The second-order valence-electron chi connectivity index (χ2n) is 4.47. The maximum Gasteiger partial charge on any atom is 0.145 e. The molecule has 0 aliphatic heterocycles. The third-order valence-corrected chi connectivity index (χ3v) is 2.99. The molecule has 2 rings (SSSR count). The van der Waals surface area contributed by atoms with Gasteiger partial charge in [0.2, 0.25) is 0 Å². The zero-order valence-corrected chi connectivity index (χ0v) is 12.4. The summed E-state index contributed by atoms with van der Waals surface area (Å²) >= 11 is 0. The predicted molar refractivity (Wildman–Crippen MR) is 82.5 cm³/mol. The van der Waals surface area contributed by atoms with E-state index in [1.54, 1.807) is 6.07 Å². The molecule has 0 heterocycles. The molecule has 2 aromatic carbocycles. The van der Waals surface area contributed by atoms with Gasteiger partial charge in [0.25, 0.3) is 0 Å². The zero-order valence-electron chi connectivity index (χ0n) is 12.4. The molecule has 0 atom stereocenters. The molecule has 2 aromatic rings. The number of halogens is 1. The van der Waals surface area contributed by atoms with Crippen LogP contribution in [-0.4, -0.2) is 13.2 Å². The van der Waals surface area contributed by atoms with Crippen LogP contribution in [0.15, 0.2) is 42.5 Å². The molecule has 1 N–H and O–H groups in total. The summed E-state index contributed by atoms with van der Waals surface area (Å²) < 4.78 is 24.3. The molecule has 0 bridgehead atoms. The Balaban J connectivity index is 2.13. The van der Waals surface area contributed by atoms with Gasteiger partial charge in [-0.05, 0) is 32.0 Å². The molecule has 4 heteroatoms. The largest absolute Gasteiger partial charge is 0.494 e. The van der Waals surface area contributed by atoms with Crippen molar-refractivity contribution in [3.05, 3.63) is 53.8 Å². The Morgan fingerprint density at radius 1 is 0.952 bits per heavy atom. The number of para-hydroxylation sites is 1. The van der Waals surface area contributed by atoms with Crippen molar-refractivity contribution < 1.29 is 13.9 Å². The molecular formula is C17H20FNO2. The molecule has 0 fully saturated rings. The van der Waals surface area contributed by atoms with Crippen molar-refractivity contribution in [2.24, 2.45) is 0 Å². The summed E-state index contributed by atoms with van der Waals surface area (Å²) in [7, 11) is 0. The SMILES string of the molecule is CCOc1ccccc1CNc1ccc(F)cc1OCC. The van der Waals surface area contributed by atoms with Crippen molar-refractivity contribution in [2.45, 2.75) is 20.4 Å². The van der Waals surface area contributed by atoms with Crippen LogP contribution in [0.4, 0.5) is 10.1 Å². The van der Waals surface area contributed by atoms with Gasteiger partial charge in [0, 0.05) is 18.2 Å². The molecule has 0 aromatic heterocycles. The van der Waals surface area contributed by atoms with E-state index in [2.05, 4.69) is 5.32 Å². The highest BCUT2D eigenvalue weighted by Crippen LogP contribution is 2.27. The van der Waals surface area contributed by atoms with Crippen LogP contribution in [0.1, 0.15) is 19.4 Å². The fraction of sp³-hybridized carbons (Fsp3) is 0.294. The van der Waals surface area contributed by atoms with Gasteiger partial charge < -0.3 is 14.8 Å². The summed E-state index contributed by atoms with van der Waals surface area (Å²) in [5.41, 5.74) is 1.82. The smallest absolute Gasteiger partial charge is 0.145 e. The van der Waals surface area contributed by atoms with Crippen molar-refractivity contribution in [1.82, 2.24) is 0 Å². The lowest BCUT2D eigenvalue weighted by Crippen LogP contribution is -2.05. The van der Waals surface area contributed by atoms with Gasteiger partial charge in [0.1, 0.15) is 17.3 Å². The van der Waals surface area contributed by atoms with Crippen molar-refractivity contribution in [3.63, 3.8) is 0 Å². The second kappa shape index (κ2) is 7.53. The normalized spacial score (nSPS) is 10.2. The van der Waals surface area contributed by atoms with Gasteiger partial charge in [-0.25, -0.2) is 4.39 Å². The molecule has 3 nitrogen and oxygen atoms in total. The fourth-order valence-electron chi connectivity index (χ4n) is 2.05. The molecule has 0 saturated carbocycles. The molecule has 21 heavy (non-hydrogen) atoms. The lowest BCUT2D eigenvalue weighted by atomic mass is 10.2. The molecule has 0 aliphatic carbocycles. The monoisotopic (exact) mass is 289 g/mol. The molecule has 0 spiro atoms. The first-order valence-electron chi connectivity index (χ1n) is 7.11. The average Bonchev–Trinajstić information content (AvgIpc) is 2.48. The Morgan fingerprint density at radius 3 is 2.43 bits per heavy atom. The van der Waals surface area contributed by atoms with E-state index >= 15 is 0 Å². The Kier molecular flexibility index (Phi) is 5.43. The summed E-state index contributed by atoms with van der Waals surface area (Å²) in [5, 5.41) is 3.27. The zero-order chi connectivity index (χ0) is 15.1. The first kappa shape index (κ1) is 15.2. The molecule has 0 unspecified atom stereocenters. The van der Waals surface area contributed by atoms with Crippen LogP contribution in [0.2, 0.25) is 0 Å². The number of rotatable bonds is 7. The van der Waals surface area contributed by atoms with Crippen molar-refractivity contribution in [3.8, 4) is 11.5 Å². The number of hydrogen-bond acceptors (Lipinski definition) is 3. The van der Waals surface area contributed by atoms with Gasteiger partial charge in [-0.2, -0.15) is 0 Å². The van der Waals surface area contributed by atoms with E-state index in [4.69, 9.17) is 9.47 Å². The van der Waals surface area contributed by atoms with Crippen molar-refractivity contribution in [1.29, 1.82) is 0 Å². The lowest BCUT2D eigenvalue weighted by Gasteiger charge is -2.14. The number of anilines is 1. The van der Waals surface area contributed by atoms with Crippen molar-refractivity contribution in [2.75, 3.05) is 18.5 Å². The van der Waals surface area contributed by atoms with E-state index in [0.29, 0.717) is 25.5 Å². The topological polar surface area (TPSA) is 30.5 Å². The number of nitrogens with one attached hydrogen (secondary N) is 1. The maximum atomic E-state index is 13.3. The van der Waals surface area contributed by atoms with Gasteiger partial charge in [-0.1, -0.05) is 18.2 Å². The van der Waals surface area contributed by atoms with Crippen molar-refractivity contribution >= 4 is 5.69 Å². The molecule has 0 radical (unpaired) electrons. The third-order valence-electron chi connectivity index (χ3n) is 2.99. The minimum absolute atomic E-state index is 0.307. The van der Waals surface area contributed by atoms with Crippen LogP contribution in [0, 0.1) is 5.82 Å². The van der Waals surface area contributed by atoms with Crippen LogP contribution in [-0.2, 0) is 6.54 Å². The van der Waals surface area contributed by atoms with E-state index in [1.165, 1.54) is 12.1 Å². The minimum Gasteiger partial charge on any atom is -0.494 e. The van der Waals surface area contributed by atoms with Gasteiger partial charge >= 0.3 is 0 Å². The summed E-state index contributed by atoms with van der Waals surface area (Å²) in [6, 6.07) is 12.3. The number of ether oxygens (including phenoxy) is 2. The highest BCUT2D eigenvalue weighted by Gasteiger charge is 2.07. The van der Waals surface area contributed by atoms with Crippen LogP contribution >= 0.6 is 0 Å². The summed E-state index contributed by atoms with van der Waals surface area (Å²) in [6.45, 7) is 5.53. The van der Waals surface area contributed by atoms with E-state index in [0.717, 1.165) is 17.0 Å². The number of hydrogen-bond donors (Lipinski definition) is 1. The first-order valence-corrected chi connectivity index (χ1v) is 7.11. The van der Waals surface area contributed by atoms with Crippen LogP contribution in [0.25, 0.3) is 0 Å². The highest BCUT2D eigenvalue weighted by atomic mass is 19.1. The maximum absolute atomic E-state index is 13.3. The minimum atomic E-state index is -0.307. The lowest BCUT2D eigenvalue weighted by molar-refractivity contribution is 0.336. The van der Waals surface area contributed by atoms with Gasteiger partial charge in [0.05, 0.1) is 18.9 Å². The Hall–Kier alpha value is -2.23. The van der Waals surface area contributed by atoms with Gasteiger partial charge in [-0.15, -0.1) is 0 Å². The van der Waals surface area contributed by atoms with E-state index < -0.39 is 0 Å². The number of benzene rings is 2. The third kappa shape index (κ3) is 4.12. The predicted octanol–water partition coefficient (Wildman–Crippen LogP) is 4.24. The Bertz CT molecular complexity index is 587.